The normalized spacial score (nSPS) is 17.2. The minimum atomic E-state index is 0.0339. The van der Waals surface area contributed by atoms with Crippen molar-refractivity contribution >= 4 is 16.9 Å². The number of para-hydroxylation sites is 2. The lowest BCUT2D eigenvalue weighted by Gasteiger charge is -2.17. The molecule has 1 atom stereocenters. The molecule has 4 rings (SSSR count). The average Bonchev–Trinajstić information content (AvgIpc) is 3.10. The molecule has 3 aromatic rings. The SMILES string of the molecule is COc1cnc(OC2CCN(c3cnc4ccccc4n3)C2)nc1. The standard InChI is InChI=1S/C17H17N5O2/c1-23-13-8-19-17(20-9-13)24-12-6-7-22(11-12)16-10-18-14-4-2-3-5-15(14)21-16/h2-5,8-10,12H,6-7,11H2,1H3. The summed E-state index contributed by atoms with van der Waals surface area (Å²) in [7, 11) is 1.58. The van der Waals surface area contributed by atoms with E-state index < -0.39 is 0 Å². The molecule has 7 heteroatoms. The predicted octanol–water partition coefficient (Wildman–Crippen LogP) is 2.09. The fourth-order valence-corrected chi connectivity index (χ4v) is 2.75. The molecule has 0 bridgehead atoms. The molecule has 2 aromatic heterocycles. The molecule has 7 nitrogen and oxygen atoms in total. The van der Waals surface area contributed by atoms with Crippen LogP contribution in [0.3, 0.4) is 0 Å². The fourth-order valence-electron chi connectivity index (χ4n) is 2.75. The van der Waals surface area contributed by atoms with Gasteiger partial charge >= 0.3 is 6.01 Å². The zero-order chi connectivity index (χ0) is 16.4. The number of rotatable bonds is 4. The Morgan fingerprint density at radius 2 is 1.83 bits per heavy atom. The minimum absolute atomic E-state index is 0.0339. The molecule has 0 N–H and O–H groups in total. The third-order valence-corrected chi connectivity index (χ3v) is 4.02. The summed E-state index contributed by atoms with van der Waals surface area (Å²) in [4.78, 5) is 19.6. The summed E-state index contributed by atoms with van der Waals surface area (Å²) < 4.78 is 10.9. The van der Waals surface area contributed by atoms with E-state index in [0.29, 0.717) is 11.8 Å². The topological polar surface area (TPSA) is 73.3 Å². The second-order valence-electron chi connectivity index (χ2n) is 5.60. The van der Waals surface area contributed by atoms with E-state index in [4.69, 9.17) is 9.47 Å². The first-order valence-electron chi connectivity index (χ1n) is 7.81. The zero-order valence-electron chi connectivity index (χ0n) is 13.3. The summed E-state index contributed by atoms with van der Waals surface area (Å²) in [5.74, 6) is 1.48. The van der Waals surface area contributed by atoms with Gasteiger partial charge in [-0.2, -0.15) is 9.97 Å². The lowest BCUT2D eigenvalue weighted by molar-refractivity contribution is 0.205. The summed E-state index contributed by atoms with van der Waals surface area (Å²) >= 11 is 0. The first-order chi connectivity index (χ1) is 11.8. The van der Waals surface area contributed by atoms with Crippen LogP contribution in [-0.2, 0) is 0 Å². The molecule has 1 aliphatic heterocycles. The van der Waals surface area contributed by atoms with E-state index >= 15 is 0 Å². The third kappa shape index (κ3) is 2.92. The molecule has 1 unspecified atom stereocenters. The van der Waals surface area contributed by atoms with Crippen molar-refractivity contribution in [2.45, 2.75) is 12.5 Å². The van der Waals surface area contributed by atoms with Crippen molar-refractivity contribution in [1.29, 1.82) is 0 Å². The van der Waals surface area contributed by atoms with Crippen molar-refractivity contribution in [2.75, 3.05) is 25.1 Å². The molecule has 1 fully saturated rings. The Morgan fingerprint density at radius 3 is 2.62 bits per heavy atom. The van der Waals surface area contributed by atoms with Crippen LogP contribution in [0.2, 0.25) is 0 Å². The van der Waals surface area contributed by atoms with Gasteiger partial charge in [0.2, 0.25) is 0 Å². The van der Waals surface area contributed by atoms with Gasteiger partial charge < -0.3 is 14.4 Å². The summed E-state index contributed by atoms with van der Waals surface area (Å²) in [6, 6.07) is 8.24. The van der Waals surface area contributed by atoms with Gasteiger partial charge in [-0.25, -0.2) is 4.98 Å². The zero-order valence-corrected chi connectivity index (χ0v) is 13.3. The van der Waals surface area contributed by atoms with Gasteiger partial charge in [0.25, 0.3) is 0 Å². The Bertz CT molecular complexity index is 840. The molecule has 0 radical (unpaired) electrons. The van der Waals surface area contributed by atoms with Gasteiger partial charge in [0, 0.05) is 13.0 Å². The molecule has 1 saturated heterocycles. The molecule has 1 aromatic carbocycles. The van der Waals surface area contributed by atoms with E-state index in [9.17, 15) is 0 Å². The number of hydrogen-bond donors (Lipinski definition) is 0. The second-order valence-corrected chi connectivity index (χ2v) is 5.60. The largest absolute Gasteiger partial charge is 0.494 e. The maximum absolute atomic E-state index is 5.85. The van der Waals surface area contributed by atoms with E-state index in [-0.39, 0.29) is 6.10 Å². The Kier molecular flexibility index (Phi) is 3.82. The number of ether oxygens (including phenoxy) is 2. The van der Waals surface area contributed by atoms with Gasteiger partial charge in [-0.1, -0.05) is 12.1 Å². The monoisotopic (exact) mass is 323 g/mol. The second kappa shape index (κ2) is 6.27. The molecular formula is C17H17N5O2. The summed E-state index contributed by atoms with van der Waals surface area (Å²) in [6.07, 6.45) is 5.94. The van der Waals surface area contributed by atoms with E-state index in [1.165, 1.54) is 0 Å². The van der Waals surface area contributed by atoms with Crippen LogP contribution in [0.4, 0.5) is 5.82 Å². The molecule has 122 valence electrons. The number of hydrogen-bond acceptors (Lipinski definition) is 7. The minimum Gasteiger partial charge on any atom is -0.494 e. The third-order valence-electron chi connectivity index (χ3n) is 4.02. The first kappa shape index (κ1) is 14.6. The van der Waals surface area contributed by atoms with Crippen molar-refractivity contribution in [3.05, 3.63) is 42.9 Å². The molecule has 0 spiro atoms. The van der Waals surface area contributed by atoms with Crippen molar-refractivity contribution in [3.63, 3.8) is 0 Å². The van der Waals surface area contributed by atoms with E-state index in [1.807, 2.05) is 30.5 Å². The molecule has 1 aliphatic rings. The number of fused-ring (bicyclic) bond motifs is 1. The summed E-state index contributed by atoms with van der Waals surface area (Å²) in [6.45, 7) is 1.61. The Balaban J connectivity index is 1.44. The molecular weight excluding hydrogens is 306 g/mol. The maximum atomic E-state index is 5.85. The van der Waals surface area contributed by atoms with Crippen LogP contribution in [0.15, 0.2) is 42.9 Å². The van der Waals surface area contributed by atoms with Gasteiger partial charge in [0.15, 0.2) is 5.75 Å². The fraction of sp³-hybridized carbons (Fsp3) is 0.294. The highest BCUT2D eigenvalue weighted by molar-refractivity contribution is 5.75. The number of benzene rings is 1. The maximum Gasteiger partial charge on any atom is 0.316 e. The van der Waals surface area contributed by atoms with Crippen molar-refractivity contribution in [3.8, 4) is 11.8 Å². The van der Waals surface area contributed by atoms with Gasteiger partial charge in [-0.05, 0) is 12.1 Å². The van der Waals surface area contributed by atoms with Crippen molar-refractivity contribution < 1.29 is 9.47 Å². The van der Waals surface area contributed by atoms with E-state index in [0.717, 1.165) is 36.4 Å². The smallest absolute Gasteiger partial charge is 0.316 e. The highest BCUT2D eigenvalue weighted by Gasteiger charge is 2.26. The average molecular weight is 323 g/mol. The van der Waals surface area contributed by atoms with Crippen LogP contribution >= 0.6 is 0 Å². The Hall–Kier alpha value is -2.96. The van der Waals surface area contributed by atoms with Crippen molar-refractivity contribution in [2.24, 2.45) is 0 Å². The van der Waals surface area contributed by atoms with Gasteiger partial charge in [0.05, 0.1) is 43.3 Å². The molecule has 3 heterocycles. The predicted molar refractivity (Wildman–Crippen MR) is 89.4 cm³/mol. The lowest BCUT2D eigenvalue weighted by Crippen LogP contribution is -2.25. The number of anilines is 1. The van der Waals surface area contributed by atoms with Crippen LogP contribution in [0.5, 0.6) is 11.8 Å². The number of aromatic nitrogens is 4. The van der Waals surface area contributed by atoms with E-state index in [1.54, 1.807) is 19.5 Å². The van der Waals surface area contributed by atoms with Crippen LogP contribution in [0, 0.1) is 0 Å². The Morgan fingerprint density at radius 1 is 1.04 bits per heavy atom. The molecule has 0 amide bonds. The molecule has 0 saturated carbocycles. The summed E-state index contributed by atoms with van der Waals surface area (Å²) in [5, 5.41) is 0. The van der Waals surface area contributed by atoms with Gasteiger partial charge in [-0.15, -0.1) is 0 Å². The van der Waals surface area contributed by atoms with Crippen LogP contribution in [0.25, 0.3) is 11.0 Å². The first-order valence-corrected chi connectivity index (χ1v) is 7.81. The highest BCUT2D eigenvalue weighted by atomic mass is 16.5. The quantitative estimate of drug-likeness (QED) is 0.728. The van der Waals surface area contributed by atoms with Crippen LogP contribution in [0.1, 0.15) is 6.42 Å². The number of methoxy groups -OCH3 is 1. The van der Waals surface area contributed by atoms with Crippen LogP contribution in [-0.4, -0.2) is 46.2 Å². The van der Waals surface area contributed by atoms with Crippen molar-refractivity contribution in [1.82, 2.24) is 19.9 Å². The molecule has 0 aliphatic carbocycles. The number of nitrogens with zero attached hydrogens (tertiary/aromatic N) is 5. The highest BCUT2D eigenvalue weighted by Crippen LogP contribution is 2.22. The Labute approximate surface area is 139 Å². The van der Waals surface area contributed by atoms with Gasteiger partial charge in [0.1, 0.15) is 11.9 Å². The molecule has 24 heavy (non-hydrogen) atoms. The van der Waals surface area contributed by atoms with E-state index in [2.05, 4.69) is 24.8 Å². The summed E-state index contributed by atoms with van der Waals surface area (Å²) in [5.41, 5.74) is 1.80. The van der Waals surface area contributed by atoms with Crippen LogP contribution < -0.4 is 14.4 Å². The lowest BCUT2D eigenvalue weighted by atomic mass is 10.3. The van der Waals surface area contributed by atoms with Gasteiger partial charge in [-0.3, -0.25) is 4.98 Å².